The minimum atomic E-state index is -4.47. The molecular formula is C39H43F3N4O3. The minimum absolute atomic E-state index is 0.0347. The molecule has 0 saturated heterocycles. The molecule has 7 nitrogen and oxygen atoms in total. The van der Waals surface area contributed by atoms with Crippen LogP contribution in [0.15, 0.2) is 103 Å². The van der Waals surface area contributed by atoms with Gasteiger partial charge in [0.05, 0.1) is 34.9 Å². The second kappa shape index (κ2) is 15.8. The van der Waals surface area contributed by atoms with Crippen molar-refractivity contribution in [2.24, 2.45) is 0 Å². The van der Waals surface area contributed by atoms with Gasteiger partial charge in [-0.05, 0) is 61.1 Å². The summed E-state index contributed by atoms with van der Waals surface area (Å²) in [6, 6.07) is 25.0. The quantitative estimate of drug-likeness (QED) is 0.150. The Labute approximate surface area is 285 Å². The summed E-state index contributed by atoms with van der Waals surface area (Å²) in [5.41, 5.74) is 1.35. The van der Waals surface area contributed by atoms with Crippen LogP contribution in [0.5, 0.6) is 0 Å². The molecule has 1 aromatic heterocycles. The molecule has 3 atom stereocenters. The van der Waals surface area contributed by atoms with Gasteiger partial charge < -0.3 is 20.6 Å². The molecule has 3 aromatic carbocycles. The molecule has 0 unspecified atom stereocenters. The summed E-state index contributed by atoms with van der Waals surface area (Å²) in [6.07, 6.45) is 1.44. The van der Waals surface area contributed by atoms with Crippen LogP contribution in [0.3, 0.4) is 0 Å². The highest BCUT2D eigenvalue weighted by Gasteiger charge is 2.38. The molecule has 0 spiro atoms. The van der Waals surface area contributed by atoms with Crippen LogP contribution >= 0.6 is 0 Å². The second-order valence-corrected chi connectivity index (χ2v) is 12.9. The van der Waals surface area contributed by atoms with Crippen LogP contribution in [-0.4, -0.2) is 52.5 Å². The molecule has 2 amide bonds. The van der Waals surface area contributed by atoms with Gasteiger partial charge in [-0.3, -0.25) is 14.6 Å². The molecule has 1 fully saturated rings. The summed E-state index contributed by atoms with van der Waals surface area (Å²) in [4.78, 5) is 32.8. The number of hydrogen-bond donors (Lipinski definition) is 3. The van der Waals surface area contributed by atoms with E-state index in [0.29, 0.717) is 24.8 Å². The smallest absolute Gasteiger partial charge is 0.390 e. The van der Waals surface area contributed by atoms with Gasteiger partial charge in [-0.2, -0.15) is 13.2 Å². The Bertz CT molecular complexity index is 1690. The van der Waals surface area contributed by atoms with E-state index < -0.39 is 35.3 Å². The van der Waals surface area contributed by atoms with E-state index in [9.17, 15) is 27.9 Å². The van der Waals surface area contributed by atoms with Gasteiger partial charge in [0.25, 0.3) is 11.8 Å². The van der Waals surface area contributed by atoms with E-state index in [1.165, 1.54) is 30.6 Å². The predicted molar refractivity (Wildman–Crippen MR) is 183 cm³/mol. The van der Waals surface area contributed by atoms with Crippen molar-refractivity contribution in [1.29, 1.82) is 0 Å². The average molecular weight is 673 g/mol. The van der Waals surface area contributed by atoms with E-state index in [0.717, 1.165) is 36.5 Å². The number of halogens is 3. The van der Waals surface area contributed by atoms with E-state index in [2.05, 4.69) is 15.6 Å². The van der Waals surface area contributed by atoms with Crippen LogP contribution in [0.1, 0.15) is 88.0 Å². The highest BCUT2D eigenvalue weighted by molar-refractivity contribution is 5.99. The van der Waals surface area contributed by atoms with Crippen molar-refractivity contribution in [1.82, 2.24) is 20.5 Å². The lowest BCUT2D eigenvalue weighted by molar-refractivity contribution is -0.137. The van der Waals surface area contributed by atoms with E-state index >= 15 is 0 Å². The summed E-state index contributed by atoms with van der Waals surface area (Å²) in [5, 5.41) is 18.0. The number of aliphatic hydroxyl groups is 1. The maximum absolute atomic E-state index is 13.7. The molecule has 3 N–H and O–H groups in total. The van der Waals surface area contributed by atoms with Crippen molar-refractivity contribution in [2.75, 3.05) is 13.6 Å². The molecular weight excluding hydrogens is 629 g/mol. The monoisotopic (exact) mass is 672 g/mol. The second-order valence-electron chi connectivity index (χ2n) is 12.9. The Morgan fingerprint density at radius 1 is 0.898 bits per heavy atom. The molecule has 10 heteroatoms. The van der Waals surface area contributed by atoms with Gasteiger partial charge in [-0.15, -0.1) is 0 Å². The maximum Gasteiger partial charge on any atom is 0.416 e. The van der Waals surface area contributed by atoms with Gasteiger partial charge in [0, 0.05) is 31.5 Å². The van der Waals surface area contributed by atoms with Gasteiger partial charge in [-0.1, -0.05) is 92.1 Å². The third-order valence-corrected chi connectivity index (χ3v) is 9.61. The third kappa shape index (κ3) is 8.93. The van der Waals surface area contributed by atoms with Gasteiger partial charge in [0.1, 0.15) is 0 Å². The lowest BCUT2D eigenvalue weighted by atomic mass is 9.76. The number of hydrogen-bond acceptors (Lipinski definition) is 5. The first-order valence-electron chi connectivity index (χ1n) is 16.7. The van der Waals surface area contributed by atoms with E-state index in [1.54, 1.807) is 18.0 Å². The molecule has 0 aliphatic heterocycles. The normalized spacial score (nSPS) is 16.3. The molecule has 1 aliphatic rings. The van der Waals surface area contributed by atoms with Gasteiger partial charge in [0.15, 0.2) is 0 Å². The molecule has 49 heavy (non-hydrogen) atoms. The zero-order valence-corrected chi connectivity index (χ0v) is 27.8. The first-order chi connectivity index (χ1) is 23.5. The van der Waals surface area contributed by atoms with Crippen LogP contribution in [0.4, 0.5) is 13.2 Å². The zero-order chi connectivity index (χ0) is 35.0. The number of benzene rings is 3. The van der Waals surface area contributed by atoms with Crippen LogP contribution in [0.25, 0.3) is 0 Å². The molecule has 5 rings (SSSR count). The lowest BCUT2D eigenvalue weighted by Crippen LogP contribution is -2.53. The average Bonchev–Trinajstić information content (AvgIpc) is 3.13. The van der Waals surface area contributed by atoms with Crippen LogP contribution in [0.2, 0.25) is 0 Å². The Balaban J connectivity index is 1.34. The first kappa shape index (κ1) is 35.8. The first-order valence-corrected chi connectivity index (χ1v) is 16.7. The molecule has 1 aliphatic carbocycles. The number of nitrogens with zero attached hydrogens (tertiary/aromatic N) is 2. The fourth-order valence-corrected chi connectivity index (χ4v) is 6.58. The number of carbonyl (C=O) groups excluding carboxylic acids is 2. The fourth-order valence-electron chi connectivity index (χ4n) is 6.58. The molecule has 1 heterocycles. The summed E-state index contributed by atoms with van der Waals surface area (Å²) in [6.45, 7) is 1.96. The summed E-state index contributed by atoms with van der Waals surface area (Å²) < 4.78 is 40.9. The maximum atomic E-state index is 13.7. The standard InChI is InChI=1S/C39H43F3N4O3/c1-27(29-15-8-4-9-16-29)46(2)37(49)31-22-30(24-43-25-31)36(48)45-34(21-28-13-6-3-7-14-28)35(47)26-44-38(19-10-5-11-20-38)32-17-12-18-33(23-32)39(40,41)42/h3-4,6-9,12-18,22-25,27,34-35,44,47H,5,10-11,19-21,26H2,1-2H3,(H,45,48)/t27-,34+,35-/m1/s1. The minimum Gasteiger partial charge on any atom is -0.390 e. The van der Waals surface area contributed by atoms with Gasteiger partial charge in [-0.25, -0.2) is 0 Å². The lowest BCUT2D eigenvalue weighted by Gasteiger charge is -2.40. The Kier molecular flexibility index (Phi) is 11.5. The highest BCUT2D eigenvalue weighted by Crippen LogP contribution is 2.39. The molecule has 1 saturated carbocycles. The van der Waals surface area contributed by atoms with Crippen molar-refractivity contribution in [3.05, 3.63) is 137 Å². The van der Waals surface area contributed by atoms with Gasteiger partial charge in [0.2, 0.25) is 0 Å². The fraction of sp³-hybridized carbons (Fsp3) is 0.359. The number of pyridine rings is 1. The Morgan fingerprint density at radius 3 is 2.22 bits per heavy atom. The van der Waals surface area contributed by atoms with E-state index in [4.69, 9.17) is 0 Å². The van der Waals surface area contributed by atoms with E-state index in [-0.39, 0.29) is 29.6 Å². The van der Waals surface area contributed by atoms with E-state index in [1.807, 2.05) is 67.6 Å². The summed E-state index contributed by atoms with van der Waals surface area (Å²) in [7, 11) is 1.70. The number of nitrogens with one attached hydrogen (secondary N) is 2. The molecule has 0 bridgehead atoms. The van der Waals surface area contributed by atoms with Crippen molar-refractivity contribution in [3.8, 4) is 0 Å². The van der Waals surface area contributed by atoms with Crippen LogP contribution in [-0.2, 0) is 18.1 Å². The van der Waals surface area contributed by atoms with Crippen molar-refractivity contribution in [3.63, 3.8) is 0 Å². The number of rotatable bonds is 12. The highest BCUT2D eigenvalue weighted by atomic mass is 19.4. The largest absolute Gasteiger partial charge is 0.416 e. The van der Waals surface area contributed by atoms with Crippen molar-refractivity contribution in [2.45, 2.75) is 75.4 Å². The van der Waals surface area contributed by atoms with Gasteiger partial charge >= 0.3 is 6.18 Å². The van der Waals surface area contributed by atoms with Crippen LogP contribution in [0, 0.1) is 0 Å². The van der Waals surface area contributed by atoms with Crippen LogP contribution < -0.4 is 10.6 Å². The number of carbonyl (C=O) groups is 2. The molecule has 258 valence electrons. The Morgan fingerprint density at radius 2 is 1.55 bits per heavy atom. The predicted octanol–water partition coefficient (Wildman–Crippen LogP) is 7.08. The van der Waals surface area contributed by atoms with Crippen molar-refractivity contribution >= 4 is 11.8 Å². The summed E-state index contributed by atoms with van der Waals surface area (Å²) >= 11 is 0. The van der Waals surface area contributed by atoms with Crippen molar-refractivity contribution < 1.29 is 27.9 Å². The number of aliphatic hydroxyl groups excluding tert-OH is 1. The summed E-state index contributed by atoms with van der Waals surface area (Å²) in [5.74, 6) is -0.804. The Hall–Kier alpha value is -4.54. The molecule has 0 radical (unpaired) electrons. The topological polar surface area (TPSA) is 94.6 Å². The SMILES string of the molecule is C[C@H](c1ccccc1)N(C)C(=O)c1cncc(C(=O)N[C@@H](Cc2ccccc2)[C@H](O)CNC2(c3cccc(C(F)(F)F)c3)CCCCC2)c1. The zero-order valence-electron chi connectivity index (χ0n) is 27.8. The number of aromatic nitrogens is 1. The number of alkyl halides is 3. The number of amides is 2. The third-order valence-electron chi connectivity index (χ3n) is 9.61. The molecule has 4 aromatic rings.